The molecule has 1 aliphatic heterocycles. The van der Waals surface area contributed by atoms with Crippen LogP contribution in [0.25, 0.3) is 0 Å². The Kier molecular flexibility index (Phi) is 5.17. The number of halogens is 4. The summed E-state index contributed by atoms with van der Waals surface area (Å²) in [6, 6.07) is 7.78. The maximum Gasteiger partial charge on any atom is 0.431 e. The van der Waals surface area contributed by atoms with Crippen molar-refractivity contribution in [3.8, 4) is 0 Å². The van der Waals surface area contributed by atoms with Crippen LogP contribution >= 0.6 is 0 Å². The first-order valence-corrected chi connectivity index (χ1v) is 9.60. The number of anilines is 1. The van der Waals surface area contributed by atoms with Gasteiger partial charge in [0.25, 0.3) is 0 Å². The predicted molar refractivity (Wildman–Crippen MR) is 95.4 cm³/mol. The van der Waals surface area contributed by atoms with Gasteiger partial charge in [-0.1, -0.05) is 6.07 Å². The lowest BCUT2D eigenvalue weighted by atomic mass is 9.96. The Morgan fingerprint density at radius 3 is 2.32 bits per heavy atom. The summed E-state index contributed by atoms with van der Waals surface area (Å²) in [5.74, 6) is -0.553. The second kappa shape index (κ2) is 7.15. The number of hydrogen-bond acceptors (Lipinski definition) is 5. The van der Waals surface area contributed by atoms with Crippen LogP contribution in [0.1, 0.15) is 23.6 Å². The van der Waals surface area contributed by atoms with Gasteiger partial charge < -0.3 is 5.73 Å². The monoisotopic (exact) mass is 416 g/mol. The topological polar surface area (TPSA) is 102 Å². The molecule has 0 radical (unpaired) electrons. The highest BCUT2D eigenvalue weighted by molar-refractivity contribution is 7.89. The van der Waals surface area contributed by atoms with Gasteiger partial charge in [0.15, 0.2) is 0 Å². The van der Waals surface area contributed by atoms with Crippen molar-refractivity contribution in [2.24, 2.45) is 16.0 Å². The largest absolute Gasteiger partial charge is 0.431 e. The van der Waals surface area contributed by atoms with Gasteiger partial charge in [0.2, 0.25) is 10.0 Å². The predicted octanol–water partition coefficient (Wildman–Crippen LogP) is 2.80. The molecule has 0 bridgehead atoms. The van der Waals surface area contributed by atoms with Crippen molar-refractivity contribution in [2.75, 3.05) is 5.01 Å². The molecule has 0 amide bonds. The van der Waals surface area contributed by atoms with E-state index in [2.05, 4.69) is 5.10 Å². The van der Waals surface area contributed by atoms with Crippen LogP contribution in [0.3, 0.4) is 0 Å². The molecule has 4 N–H and O–H groups in total. The van der Waals surface area contributed by atoms with E-state index in [4.69, 9.17) is 10.9 Å². The molecule has 3 rings (SSSR count). The Hall–Kier alpha value is -2.50. The Labute approximate surface area is 158 Å². The van der Waals surface area contributed by atoms with E-state index in [0.717, 1.165) is 11.1 Å². The van der Waals surface area contributed by atoms with E-state index < -0.39 is 40.2 Å². The van der Waals surface area contributed by atoms with Gasteiger partial charge in [-0.2, -0.15) is 18.3 Å². The first-order valence-electron chi connectivity index (χ1n) is 8.06. The summed E-state index contributed by atoms with van der Waals surface area (Å²) < 4.78 is 76.1. The van der Waals surface area contributed by atoms with Gasteiger partial charge in [-0.15, -0.1) is 0 Å². The lowest BCUT2D eigenvalue weighted by molar-refractivity contribution is -0.0600. The molecule has 2 aromatic rings. The summed E-state index contributed by atoms with van der Waals surface area (Å²) in [6.07, 6.45) is -5.10. The van der Waals surface area contributed by atoms with Crippen LogP contribution in [0.4, 0.5) is 23.2 Å². The van der Waals surface area contributed by atoms with Crippen LogP contribution < -0.4 is 15.9 Å². The Bertz CT molecular complexity index is 1020. The van der Waals surface area contributed by atoms with E-state index in [9.17, 15) is 26.0 Å². The maximum absolute atomic E-state index is 13.5. The zero-order valence-corrected chi connectivity index (χ0v) is 15.1. The third kappa shape index (κ3) is 4.01. The van der Waals surface area contributed by atoms with Crippen LogP contribution in [0.2, 0.25) is 0 Å². The number of nitrogens with zero attached hydrogens (tertiary/aromatic N) is 2. The van der Waals surface area contributed by atoms with Crippen LogP contribution in [-0.4, -0.2) is 20.3 Å². The number of hydrazone groups is 1. The zero-order valence-electron chi connectivity index (χ0n) is 14.3. The maximum atomic E-state index is 13.5. The number of alkyl halides is 3. The molecule has 1 aliphatic rings. The minimum Gasteiger partial charge on any atom is -0.326 e. The highest BCUT2D eigenvalue weighted by atomic mass is 32.2. The minimum absolute atomic E-state index is 0.0663. The van der Waals surface area contributed by atoms with E-state index in [1.807, 2.05) is 0 Å². The quantitative estimate of drug-likeness (QED) is 0.749. The average molecular weight is 416 g/mol. The molecule has 0 saturated carbocycles. The lowest BCUT2D eigenvalue weighted by Gasteiger charge is -2.26. The number of sulfonamides is 1. The third-order valence-corrected chi connectivity index (χ3v) is 5.28. The molecule has 0 aliphatic carbocycles. The first-order chi connectivity index (χ1) is 13.0. The highest BCUT2D eigenvalue weighted by Crippen LogP contribution is 2.40. The molecule has 1 heterocycles. The van der Waals surface area contributed by atoms with E-state index in [1.165, 1.54) is 36.4 Å². The molecule has 2 aromatic carbocycles. The number of primary sulfonamides is 1. The van der Waals surface area contributed by atoms with Crippen molar-refractivity contribution >= 4 is 21.4 Å². The summed E-state index contributed by atoms with van der Waals surface area (Å²) in [7, 11) is -3.95. The minimum atomic E-state index is -4.64. The highest BCUT2D eigenvalue weighted by Gasteiger charge is 2.44. The van der Waals surface area contributed by atoms with Gasteiger partial charge in [-0.25, -0.2) is 17.9 Å². The van der Waals surface area contributed by atoms with Crippen molar-refractivity contribution in [3.05, 3.63) is 59.4 Å². The number of hydrogen-bond donors (Lipinski definition) is 2. The third-order valence-electron chi connectivity index (χ3n) is 4.35. The molecule has 150 valence electrons. The van der Waals surface area contributed by atoms with E-state index >= 15 is 0 Å². The van der Waals surface area contributed by atoms with E-state index in [0.29, 0.717) is 11.1 Å². The van der Waals surface area contributed by atoms with Gasteiger partial charge in [-0.3, -0.25) is 5.01 Å². The van der Waals surface area contributed by atoms with Crippen molar-refractivity contribution in [2.45, 2.75) is 30.1 Å². The van der Waals surface area contributed by atoms with Crippen LogP contribution in [-0.2, 0) is 16.6 Å². The van der Waals surface area contributed by atoms with Gasteiger partial charge in [0, 0.05) is 13.0 Å². The number of rotatable bonds is 4. The second-order valence-electron chi connectivity index (χ2n) is 6.20. The number of benzene rings is 2. The fraction of sp³-hybridized carbons (Fsp3) is 0.235. The van der Waals surface area contributed by atoms with Crippen molar-refractivity contribution < 1.29 is 26.0 Å². The molecule has 1 atom stereocenters. The van der Waals surface area contributed by atoms with Gasteiger partial charge in [0.1, 0.15) is 11.5 Å². The smallest absolute Gasteiger partial charge is 0.326 e. The summed E-state index contributed by atoms with van der Waals surface area (Å²) in [6.45, 7) is -0.0663. The van der Waals surface area contributed by atoms with Gasteiger partial charge in [-0.05, 0) is 47.5 Å². The normalized spacial score (nSPS) is 17.7. The average Bonchev–Trinajstić information content (AvgIpc) is 3.06. The van der Waals surface area contributed by atoms with Crippen LogP contribution in [0.5, 0.6) is 0 Å². The van der Waals surface area contributed by atoms with Crippen molar-refractivity contribution in [3.63, 3.8) is 0 Å². The van der Waals surface area contributed by atoms with Crippen molar-refractivity contribution in [1.29, 1.82) is 0 Å². The Morgan fingerprint density at radius 2 is 1.79 bits per heavy atom. The Morgan fingerprint density at radius 1 is 1.14 bits per heavy atom. The molecule has 1 unspecified atom stereocenters. The fourth-order valence-corrected chi connectivity index (χ4v) is 3.54. The van der Waals surface area contributed by atoms with Crippen LogP contribution in [0.15, 0.2) is 52.5 Å². The van der Waals surface area contributed by atoms with E-state index in [-0.39, 0.29) is 17.1 Å². The summed E-state index contributed by atoms with van der Waals surface area (Å²) in [4.78, 5) is -0.184. The summed E-state index contributed by atoms with van der Waals surface area (Å²) >= 11 is 0. The summed E-state index contributed by atoms with van der Waals surface area (Å²) in [5.41, 5.74) is 5.62. The standard InChI is InChI=1S/C17H16F4N4O2S/c18-11-1-6-14(10(7-11)9-22)15-8-16(17(19,20)21)24-25(15)12-2-4-13(5-3-12)28(23,26)27/h1-7,15H,8-9,22H2,(H2,23,26,27). The molecule has 28 heavy (non-hydrogen) atoms. The molecule has 11 heteroatoms. The van der Waals surface area contributed by atoms with Crippen molar-refractivity contribution in [1.82, 2.24) is 0 Å². The summed E-state index contributed by atoms with van der Waals surface area (Å²) in [5, 5.41) is 9.86. The van der Waals surface area contributed by atoms with Gasteiger partial charge >= 0.3 is 6.18 Å². The lowest BCUT2D eigenvalue weighted by Crippen LogP contribution is -2.22. The fourth-order valence-electron chi connectivity index (χ4n) is 3.03. The molecule has 6 nitrogen and oxygen atoms in total. The SMILES string of the molecule is NCc1cc(F)ccc1C1CC(C(F)(F)F)=NN1c1ccc(S(N)(=O)=O)cc1. The molecular formula is C17H16F4N4O2S. The molecule has 0 spiro atoms. The molecular weight excluding hydrogens is 400 g/mol. The Balaban J connectivity index is 2.07. The van der Waals surface area contributed by atoms with Gasteiger partial charge in [0.05, 0.1) is 16.6 Å². The second-order valence-corrected chi connectivity index (χ2v) is 7.76. The number of nitrogens with two attached hydrogens (primary N) is 2. The first kappa shape index (κ1) is 20.2. The van der Waals surface area contributed by atoms with Crippen LogP contribution in [0, 0.1) is 5.82 Å². The molecule has 0 aromatic heterocycles. The van der Waals surface area contributed by atoms with E-state index in [1.54, 1.807) is 0 Å². The molecule has 0 saturated heterocycles. The molecule has 0 fully saturated rings. The zero-order chi connectivity index (χ0) is 20.7.